The molecule has 0 saturated carbocycles. The topological polar surface area (TPSA) is 99.5 Å². The quantitative estimate of drug-likeness (QED) is 0.529. The molecule has 1 heterocycles. The van der Waals surface area contributed by atoms with Crippen LogP contribution in [0.15, 0.2) is 34.8 Å². The molecule has 2 N–H and O–H groups in total. The lowest BCUT2D eigenvalue weighted by molar-refractivity contribution is -0.140. The van der Waals surface area contributed by atoms with Crippen molar-refractivity contribution in [1.29, 1.82) is 0 Å². The van der Waals surface area contributed by atoms with E-state index in [0.29, 0.717) is 44.9 Å². The molecule has 9 heteroatoms. The number of carbonyl (C=O) groups is 2. The van der Waals surface area contributed by atoms with Crippen molar-refractivity contribution in [3.8, 4) is 0 Å². The highest BCUT2D eigenvalue weighted by atomic mass is 79.9. The van der Waals surface area contributed by atoms with E-state index in [1.165, 1.54) is 14.0 Å². The Morgan fingerprint density at radius 3 is 2.64 bits per heavy atom. The van der Waals surface area contributed by atoms with Crippen molar-refractivity contribution in [2.45, 2.75) is 64.4 Å². The van der Waals surface area contributed by atoms with Gasteiger partial charge in [0.1, 0.15) is 18.3 Å². The maximum Gasteiger partial charge on any atom is 0.246 e. The number of aliphatic hydroxyl groups excluding tert-OH is 2. The summed E-state index contributed by atoms with van der Waals surface area (Å²) in [4.78, 5) is 29.5. The molecule has 36 heavy (non-hydrogen) atoms. The second kappa shape index (κ2) is 15.5. The number of hydrogen-bond donors (Lipinski definition) is 2. The fraction of sp³-hybridized carbons (Fsp3) is 0.630. The Balaban J connectivity index is 2.36. The molecule has 0 bridgehead atoms. The minimum absolute atomic E-state index is 0.0326. The predicted molar refractivity (Wildman–Crippen MR) is 143 cm³/mol. The van der Waals surface area contributed by atoms with Gasteiger partial charge in [0.15, 0.2) is 0 Å². The van der Waals surface area contributed by atoms with Crippen LogP contribution in [-0.2, 0) is 19.1 Å². The van der Waals surface area contributed by atoms with Gasteiger partial charge >= 0.3 is 0 Å². The van der Waals surface area contributed by atoms with E-state index in [2.05, 4.69) is 29.8 Å². The standard InChI is InChI=1S/C27H41BrN2O6/c1-19(2)14-23-16-29(20(3)31)17-25(35-4)27(34)24(32)18-36-13-6-5-12-30(23)26(33)11-10-21-8-7-9-22(28)15-21/h7-11,15,19,23-25,27,32,34H,5-6,12-14,16-18H2,1-4H3/b11-10+/t23-,24+,25+,27+/m0/s1. The Bertz CT molecular complexity index is 864. The Morgan fingerprint density at radius 2 is 2.00 bits per heavy atom. The van der Waals surface area contributed by atoms with E-state index in [1.54, 1.807) is 17.1 Å². The summed E-state index contributed by atoms with van der Waals surface area (Å²) in [5.41, 5.74) is 0.912. The van der Waals surface area contributed by atoms with E-state index in [-0.39, 0.29) is 31.0 Å². The Labute approximate surface area is 223 Å². The van der Waals surface area contributed by atoms with Gasteiger partial charge in [-0.1, -0.05) is 41.9 Å². The van der Waals surface area contributed by atoms with Crippen LogP contribution in [-0.4, -0.2) is 96.1 Å². The smallest absolute Gasteiger partial charge is 0.246 e. The van der Waals surface area contributed by atoms with Crippen LogP contribution in [0.4, 0.5) is 0 Å². The maximum absolute atomic E-state index is 13.5. The van der Waals surface area contributed by atoms with Crippen LogP contribution in [0.2, 0.25) is 0 Å². The van der Waals surface area contributed by atoms with Gasteiger partial charge in [-0.15, -0.1) is 0 Å². The third-order valence-corrected chi connectivity index (χ3v) is 6.81. The predicted octanol–water partition coefficient (Wildman–Crippen LogP) is 3.10. The summed E-state index contributed by atoms with van der Waals surface area (Å²) in [6.45, 7) is 6.95. The van der Waals surface area contributed by atoms with E-state index in [4.69, 9.17) is 9.47 Å². The van der Waals surface area contributed by atoms with Gasteiger partial charge in [-0.25, -0.2) is 0 Å². The van der Waals surface area contributed by atoms with Gasteiger partial charge in [0, 0.05) is 56.9 Å². The first-order valence-electron chi connectivity index (χ1n) is 12.6. The van der Waals surface area contributed by atoms with Gasteiger partial charge < -0.3 is 29.5 Å². The summed E-state index contributed by atoms with van der Waals surface area (Å²) in [7, 11) is 1.44. The summed E-state index contributed by atoms with van der Waals surface area (Å²) >= 11 is 3.46. The lowest BCUT2D eigenvalue weighted by Gasteiger charge is -2.38. The Morgan fingerprint density at radius 1 is 1.25 bits per heavy atom. The number of halogens is 1. The molecular formula is C27H41BrN2O6. The summed E-state index contributed by atoms with van der Waals surface area (Å²) in [6.07, 6.45) is 2.37. The van der Waals surface area contributed by atoms with Gasteiger partial charge in [0.05, 0.1) is 6.61 Å². The number of amides is 2. The van der Waals surface area contributed by atoms with E-state index in [1.807, 2.05) is 29.2 Å². The SMILES string of the molecule is CO[C@@H]1CN(C(C)=O)C[C@H](CC(C)C)N(C(=O)/C=C/c2cccc(Br)c2)CCCCOC[C@@H](O)[C@H]1O. The molecule has 0 aromatic heterocycles. The molecule has 2 rings (SSSR count). The van der Waals surface area contributed by atoms with Gasteiger partial charge in [-0.05, 0) is 49.0 Å². The number of nitrogens with zero attached hydrogens (tertiary/aromatic N) is 2. The van der Waals surface area contributed by atoms with Crippen molar-refractivity contribution in [2.75, 3.05) is 40.0 Å². The number of ether oxygens (including phenoxy) is 2. The molecule has 1 saturated heterocycles. The molecule has 4 atom stereocenters. The largest absolute Gasteiger partial charge is 0.388 e. The lowest BCUT2D eigenvalue weighted by atomic mass is 10.00. The minimum atomic E-state index is -1.21. The summed E-state index contributed by atoms with van der Waals surface area (Å²) in [6, 6.07) is 7.50. The molecule has 8 nitrogen and oxygen atoms in total. The van der Waals surface area contributed by atoms with Crippen molar-refractivity contribution in [2.24, 2.45) is 5.92 Å². The molecule has 1 aliphatic rings. The van der Waals surface area contributed by atoms with Crippen molar-refractivity contribution < 1.29 is 29.3 Å². The Kier molecular flexibility index (Phi) is 13.1. The normalized spacial score (nSPS) is 25.2. The van der Waals surface area contributed by atoms with E-state index in [0.717, 1.165) is 10.0 Å². The molecule has 1 aromatic carbocycles. The van der Waals surface area contributed by atoms with Crippen LogP contribution in [0.1, 0.15) is 45.6 Å². The highest BCUT2D eigenvalue weighted by Crippen LogP contribution is 2.19. The first kappa shape index (κ1) is 30.4. The summed E-state index contributed by atoms with van der Waals surface area (Å²) in [5, 5.41) is 21.0. The number of hydrogen-bond acceptors (Lipinski definition) is 6. The molecule has 202 valence electrons. The summed E-state index contributed by atoms with van der Waals surface area (Å²) in [5.74, 6) is -0.00942. The number of carbonyl (C=O) groups excluding carboxylic acids is 2. The molecule has 1 aliphatic heterocycles. The third kappa shape index (κ3) is 9.94. The number of methoxy groups -OCH3 is 1. The summed E-state index contributed by atoms with van der Waals surface area (Å²) < 4.78 is 11.9. The molecule has 0 radical (unpaired) electrons. The number of aliphatic hydroxyl groups is 2. The molecule has 1 fully saturated rings. The van der Waals surface area contributed by atoms with Crippen molar-refractivity contribution in [3.05, 3.63) is 40.4 Å². The second-order valence-corrected chi connectivity index (χ2v) is 10.7. The second-order valence-electron chi connectivity index (χ2n) is 9.74. The number of rotatable bonds is 5. The first-order chi connectivity index (χ1) is 17.1. The van der Waals surface area contributed by atoms with Gasteiger partial charge in [-0.3, -0.25) is 9.59 Å². The van der Waals surface area contributed by atoms with Crippen LogP contribution in [0, 0.1) is 5.92 Å². The van der Waals surface area contributed by atoms with Crippen molar-refractivity contribution >= 4 is 33.8 Å². The zero-order chi connectivity index (χ0) is 26.7. The van der Waals surface area contributed by atoms with Crippen LogP contribution < -0.4 is 0 Å². The van der Waals surface area contributed by atoms with Gasteiger partial charge in [-0.2, -0.15) is 0 Å². The highest BCUT2D eigenvalue weighted by molar-refractivity contribution is 9.10. The van der Waals surface area contributed by atoms with E-state index < -0.39 is 18.3 Å². The van der Waals surface area contributed by atoms with Gasteiger partial charge in [0.2, 0.25) is 11.8 Å². The molecule has 0 aliphatic carbocycles. The molecule has 0 spiro atoms. The molecule has 1 aromatic rings. The Hall–Kier alpha value is -1.78. The molecule has 0 unspecified atom stereocenters. The zero-order valence-corrected chi connectivity index (χ0v) is 23.4. The fourth-order valence-electron chi connectivity index (χ4n) is 4.35. The first-order valence-corrected chi connectivity index (χ1v) is 13.4. The monoisotopic (exact) mass is 568 g/mol. The van der Waals surface area contributed by atoms with Crippen molar-refractivity contribution in [3.63, 3.8) is 0 Å². The molecular weight excluding hydrogens is 528 g/mol. The van der Waals surface area contributed by atoms with Crippen LogP contribution in [0.25, 0.3) is 6.08 Å². The van der Waals surface area contributed by atoms with E-state index in [9.17, 15) is 19.8 Å². The average molecular weight is 570 g/mol. The fourth-order valence-corrected chi connectivity index (χ4v) is 4.77. The minimum Gasteiger partial charge on any atom is -0.388 e. The van der Waals surface area contributed by atoms with Crippen LogP contribution in [0.5, 0.6) is 0 Å². The van der Waals surface area contributed by atoms with Crippen molar-refractivity contribution in [1.82, 2.24) is 9.80 Å². The highest BCUT2D eigenvalue weighted by Gasteiger charge is 2.32. The van der Waals surface area contributed by atoms with Gasteiger partial charge in [0.25, 0.3) is 0 Å². The zero-order valence-electron chi connectivity index (χ0n) is 21.8. The molecule has 2 amide bonds. The van der Waals surface area contributed by atoms with E-state index >= 15 is 0 Å². The van der Waals surface area contributed by atoms with Crippen LogP contribution >= 0.6 is 15.9 Å². The average Bonchev–Trinajstić information content (AvgIpc) is 2.82. The van der Waals surface area contributed by atoms with Crippen LogP contribution in [0.3, 0.4) is 0 Å². The number of benzene rings is 1. The lowest BCUT2D eigenvalue weighted by Crippen LogP contribution is -2.53. The third-order valence-electron chi connectivity index (χ3n) is 6.32. The maximum atomic E-state index is 13.5.